The number of nitrogens with one attached hydrogen (secondary N) is 1. The molecular formula is C8H13N3O2. The van der Waals surface area contributed by atoms with Crippen LogP contribution >= 0.6 is 0 Å². The van der Waals surface area contributed by atoms with E-state index in [1.807, 2.05) is 0 Å². The first-order valence-corrected chi connectivity index (χ1v) is 4.00. The Morgan fingerprint density at radius 3 is 2.77 bits per heavy atom. The van der Waals surface area contributed by atoms with E-state index in [0.717, 1.165) is 0 Å². The number of anilines is 2. The molecule has 0 bridgehead atoms. The van der Waals surface area contributed by atoms with E-state index in [9.17, 15) is 0 Å². The van der Waals surface area contributed by atoms with Gasteiger partial charge in [-0.25, -0.2) is 4.98 Å². The number of aromatic nitrogens is 1. The van der Waals surface area contributed by atoms with Crippen LogP contribution in [0.1, 0.15) is 6.42 Å². The zero-order chi connectivity index (χ0) is 9.68. The highest BCUT2D eigenvalue weighted by Crippen LogP contribution is 2.05. The molecule has 0 aromatic carbocycles. The molecule has 1 aromatic heterocycles. The molecule has 0 atom stereocenters. The fourth-order valence-electron chi connectivity index (χ4n) is 0.839. The molecule has 1 aromatic rings. The van der Waals surface area contributed by atoms with E-state index in [1.54, 1.807) is 12.1 Å². The van der Waals surface area contributed by atoms with Gasteiger partial charge in [0.25, 0.3) is 0 Å². The molecule has 0 saturated heterocycles. The summed E-state index contributed by atoms with van der Waals surface area (Å²) in [7, 11) is 0. The van der Waals surface area contributed by atoms with Crippen molar-refractivity contribution in [3.05, 3.63) is 18.3 Å². The van der Waals surface area contributed by atoms with Gasteiger partial charge in [-0.05, 0) is 12.1 Å². The molecule has 1 rings (SSSR count). The second kappa shape index (κ2) is 4.64. The predicted molar refractivity (Wildman–Crippen MR) is 50.0 cm³/mol. The van der Waals surface area contributed by atoms with Gasteiger partial charge in [0.05, 0.1) is 11.9 Å². The largest absolute Gasteiger partial charge is 0.397 e. The highest BCUT2D eigenvalue weighted by atomic mass is 16.5. The maximum absolute atomic E-state index is 8.55. The number of aliphatic hydroxyl groups is 2. The van der Waals surface area contributed by atoms with Gasteiger partial charge < -0.3 is 21.3 Å². The number of aliphatic hydroxyl groups excluding tert-OH is 1. The molecule has 5 N–H and O–H groups in total. The highest BCUT2D eigenvalue weighted by molar-refractivity contribution is 5.43. The molecule has 0 aliphatic carbocycles. The number of pyridine rings is 1. The van der Waals surface area contributed by atoms with Crippen LogP contribution in [0.2, 0.25) is 0 Å². The van der Waals surface area contributed by atoms with Crippen LogP contribution in [0, 0.1) is 0 Å². The normalized spacial score (nSPS) is 10.4. The van der Waals surface area contributed by atoms with E-state index in [4.69, 9.17) is 15.9 Å². The second-order valence-electron chi connectivity index (χ2n) is 2.67. The van der Waals surface area contributed by atoms with Gasteiger partial charge in [-0.3, -0.25) is 0 Å². The highest BCUT2D eigenvalue weighted by Gasteiger charge is 1.97. The average molecular weight is 183 g/mol. The van der Waals surface area contributed by atoms with Crippen molar-refractivity contribution < 1.29 is 10.2 Å². The third kappa shape index (κ3) is 3.73. The summed E-state index contributed by atoms with van der Waals surface area (Å²) in [5.41, 5.74) is 6.04. The van der Waals surface area contributed by atoms with Gasteiger partial charge in [0.2, 0.25) is 0 Å². The first kappa shape index (κ1) is 9.76. The molecule has 0 radical (unpaired) electrons. The van der Waals surface area contributed by atoms with E-state index < -0.39 is 6.29 Å². The Labute approximate surface area is 76.2 Å². The van der Waals surface area contributed by atoms with Gasteiger partial charge in [0, 0.05) is 13.0 Å². The first-order chi connectivity index (χ1) is 6.18. The molecule has 0 saturated carbocycles. The van der Waals surface area contributed by atoms with Crippen molar-refractivity contribution in [2.75, 3.05) is 17.6 Å². The second-order valence-corrected chi connectivity index (χ2v) is 2.67. The number of nitrogens with two attached hydrogens (primary N) is 1. The fourth-order valence-corrected chi connectivity index (χ4v) is 0.839. The zero-order valence-corrected chi connectivity index (χ0v) is 7.14. The average Bonchev–Trinajstić information content (AvgIpc) is 2.08. The van der Waals surface area contributed by atoms with Crippen molar-refractivity contribution in [3.8, 4) is 0 Å². The summed E-state index contributed by atoms with van der Waals surface area (Å²) in [5, 5.41) is 20.0. The molecule has 5 nitrogen and oxygen atoms in total. The fraction of sp³-hybridized carbons (Fsp3) is 0.375. The zero-order valence-electron chi connectivity index (χ0n) is 7.14. The summed E-state index contributed by atoms with van der Waals surface area (Å²) in [6, 6.07) is 3.46. The predicted octanol–water partition coefficient (Wildman–Crippen LogP) is -0.224. The molecular weight excluding hydrogens is 170 g/mol. The van der Waals surface area contributed by atoms with Crippen molar-refractivity contribution in [2.45, 2.75) is 12.7 Å². The van der Waals surface area contributed by atoms with E-state index in [-0.39, 0.29) is 6.42 Å². The summed E-state index contributed by atoms with van der Waals surface area (Å²) in [5.74, 6) is 0.676. The van der Waals surface area contributed by atoms with E-state index in [1.165, 1.54) is 6.20 Å². The minimum absolute atomic E-state index is 0.270. The van der Waals surface area contributed by atoms with Crippen LogP contribution in [0.3, 0.4) is 0 Å². The lowest BCUT2D eigenvalue weighted by Crippen LogP contribution is -2.12. The Bertz CT molecular complexity index is 248. The van der Waals surface area contributed by atoms with Gasteiger partial charge >= 0.3 is 0 Å². The smallest absolute Gasteiger partial charge is 0.153 e. The topological polar surface area (TPSA) is 91.4 Å². The maximum Gasteiger partial charge on any atom is 0.153 e. The third-order valence-electron chi connectivity index (χ3n) is 1.50. The van der Waals surface area contributed by atoms with Crippen molar-refractivity contribution in [1.82, 2.24) is 4.98 Å². The van der Waals surface area contributed by atoms with Crippen LogP contribution in [0.5, 0.6) is 0 Å². The molecule has 5 heteroatoms. The molecule has 0 amide bonds. The summed E-state index contributed by atoms with van der Waals surface area (Å²) in [4.78, 5) is 3.98. The van der Waals surface area contributed by atoms with Crippen LogP contribution < -0.4 is 11.1 Å². The molecule has 0 aliphatic rings. The first-order valence-electron chi connectivity index (χ1n) is 4.00. The lowest BCUT2D eigenvalue weighted by atomic mass is 10.4. The Hall–Kier alpha value is -1.33. The molecule has 0 aliphatic heterocycles. The standard InChI is InChI=1S/C8H13N3O2/c9-6-1-2-7(11-5-6)10-4-3-8(12)13/h1-2,5,8,12-13H,3-4,9H2,(H,10,11). The Morgan fingerprint density at radius 2 is 2.23 bits per heavy atom. The number of hydrogen-bond donors (Lipinski definition) is 4. The summed E-state index contributed by atoms with van der Waals surface area (Å²) >= 11 is 0. The number of nitrogens with zero attached hydrogens (tertiary/aromatic N) is 1. The van der Waals surface area contributed by atoms with Gasteiger partial charge in [-0.1, -0.05) is 0 Å². The molecule has 0 spiro atoms. The molecule has 13 heavy (non-hydrogen) atoms. The van der Waals surface area contributed by atoms with Crippen LogP contribution in [-0.4, -0.2) is 28.0 Å². The number of nitrogen functional groups attached to an aromatic ring is 1. The summed E-state index contributed by atoms with van der Waals surface area (Å²) in [6.07, 6.45) is 0.533. The van der Waals surface area contributed by atoms with E-state index in [2.05, 4.69) is 10.3 Å². The van der Waals surface area contributed by atoms with Gasteiger partial charge in [-0.15, -0.1) is 0 Å². The Balaban J connectivity index is 2.33. The van der Waals surface area contributed by atoms with Crippen LogP contribution in [0.4, 0.5) is 11.5 Å². The van der Waals surface area contributed by atoms with Crippen LogP contribution in [-0.2, 0) is 0 Å². The third-order valence-corrected chi connectivity index (χ3v) is 1.50. The van der Waals surface area contributed by atoms with Crippen molar-refractivity contribution in [1.29, 1.82) is 0 Å². The lowest BCUT2D eigenvalue weighted by Gasteiger charge is -2.06. The molecule has 72 valence electrons. The lowest BCUT2D eigenvalue weighted by molar-refractivity contribution is -0.0423. The minimum atomic E-state index is -1.28. The SMILES string of the molecule is Nc1ccc(NCCC(O)O)nc1. The Morgan fingerprint density at radius 1 is 1.46 bits per heavy atom. The van der Waals surface area contributed by atoms with Gasteiger partial charge in [-0.2, -0.15) is 0 Å². The minimum Gasteiger partial charge on any atom is -0.397 e. The summed E-state index contributed by atoms with van der Waals surface area (Å²) < 4.78 is 0. The molecule has 1 heterocycles. The number of rotatable bonds is 4. The maximum atomic E-state index is 8.55. The Kier molecular flexibility index (Phi) is 3.48. The quantitative estimate of drug-likeness (QED) is 0.484. The molecule has 0 unspecified atom stereocenters. The van der Waals surface area contributed by atoms with Gasteiger partial charge in [0.1, 0.15) is 5.82 Å². The van der Waals surface area contributed by atoms with Crippen LogP contribution in [0.25, 0.3) is 0 Å². The van der Waals surface area contributed by atoms with E-state index >= 15 is 0 Å². The van der Waals surface area contributed by atoms with E-state index in [0.29, 0.717) is 18.1 Å². The van der Waals surface area contributed by atoms with Crippen molar-refractivity contribution in [3.63, 3.8) is 0 Å². The van der Waals surface area contributed by atoms with Crippen molar-refractivity contribution >= 4 is 11.5 Å². The van der Waals surface area contributed by atoms with Crippen LogP contribution in [0.15, 0.2) is 18.3 Å². The molecule has 0 fully saturated rings. The number of hydrogen-bond acceptors (Lipinski definition) is 5. The van der Waals surface area contributed by atoms with Crippen molar-refractivity contribution in [2.24, 2.45) is 0 Å². The monoisotopic (exact) mass is 183 g/mol. The van der Waals surface area contributed by atoms with Gasteiger partial charge in [0.15, 0.2) is 6.29 Å². The summed E-state index contributed by atoms with van der Waals surface area (Å²) in [6.45, 7) is 0.467.